The van der Waals surface area contributed by atoms with E-state index < -0.39 is 11.9 Å². The van der Waals surface area contributed by atoms with E-state index in [-0.39, 0.29) is 24.4 Å². The van der Waals surface area contributed by atoms with E-state index in [1.165, 1.54) is 0 Å². The molecule has 1 atom stereocenters. The van der Waals surface area contributed by atoms with Gasteiger partial charge in [0.05, 0.1) is 31.1 Å². The molecule has 7 heteroatoms. The largest absolute Gasteiger partial charge is 0.463 e. The van der Waals surface area contributed by atoms with Crippen LogP contribution in [-0.4, -0.2) is 38.1 Å². The summed E-state index contributed by atoms with van der Waals surface area (Å²) in [6, 6.07) is 7.30. The number of benzene rings is 1. The molecule has 1 unspecified atom stereocenters. The normalized spacial score (nSPS) is 20.7. The molecule has 1 heterocycles. The predicted molar refractivity (Wildman–Crippen MR) is 116 cm³/mol. The molecule has 1 aliphatic carbocycles. The Balaban J connectivity index is 2.19. The highest BCUT2D eigenvalue weighted by Gasteiger charge is 2.44. The van der Waals surface area contributed by atoms with E-state index in [0.717, 1.165) is 5.70 Å². The zero-order valence-electron chi connectivity index (χ0n) is 17.7. The second-order valence-corrected chi connectivity index (χ2v) is 8.77. The molecule has 2 aliphatic rings. The molecule has 0 saturated carbocycles. The molecule has 1 aromatic rings. The molecule has 3 N–H and O–H groups in total. The highest BCUT2D eigenvalue weighted by atomic mass is 35.5. The van der Waals surface area contributed by atoms with Crippen molar-refractivity contribution < 1.29 is 19.1 Å². The van der Waals surface area contributed by atoms with Gasteiger partial charge in [-0.2, -0.15) is 0 Å². The van der Waals surface area contributed by atoms with E-state index in [1.807, 2.05) is 18.2 Å². The first-order chi connectivity index (χ1) is 14.3. The van der Waals surface area contributed by atoms with Crippen molar-refractivity contribution in [2.24, 2.45) is 11.1 Å². The third-order valence-electron chi connectivity index (χ3n) is 5.34. The number of carbonyl (C=O) groups excluding carboxylic acids is 2. The van der Waals surface area contributed by atoms with Gasteiger partial charge in [0.2, 0.25) is 0 Å². The van der Waals surface area contributed by atoms with Crippen LogP contribution in [0.1, 0.15) is 45.1 Å². The van der Waals surface area contributed by atoms with Crippen LogP contribution in [0.4, 0.5) is 0 Å². The average molecular weight is 433 g/mol. The number of rotatable bonds is 7. The molecule has 30 heavy (non-hydrogen) atoms. The topological polar surface area (TPSA) is 90.7 Å². The quantitative estimate of drug-likeness (QED) is 0.506. The molecule has 0 saturated heterocycles. The highest BCUT2D eigenvalue weighted by Crippen LogP contribution is 2.48. The van der Waals surface area contributed by atoms with Gasteiger partial charge in [-0.1, -0.05) is 43.6 Å². The third kappa shape index (κ3) is 4.61. The van der Waals surface area contributed by atoms with Crippen molar-refractivity contribution in [3.05, 3.63) is 57.4 Å². The second kappa shape index (κ2) is 9.33. The van der Waals surface area contributed by atoms with Gasteiger partial charge in [-0.05, 0) is 30.4 Å². The van der Waals surface area contributed by atoms with Crippen LogP contribution >= 0.6 is 11.6 Å². The highest BCUT2D eigenvalue weighted by molar-refractivity contribution is 6.31. The minimum absolute atomic E-state index is 0.0161. The molecular weight excluding hydrogens is 404 g/mol. The maximum Gasteiger partial charge on any atom is 0.336 e. The minimum atomic E-state index is -0.603. The van der Waals surface area contributed by atoms with Gasteiger partial charge in [0.15, 0.2) is 5.78 Å². The summed E-state index contributed by atoms with van der Waals surface area (Å²) >= 11 is 6.54. The van der Waals surface area contributed by atoms with Crippen molar-refractivity contribution in [1.29, 1.82) is 0 Å². The van der Waals surface area contributed by atoms with Gasteiger partial charge in [0.1, 0.15) is 0 Å². The first kappa shape index (κ1) is 22.5. The molecule has 0 amide bonds. The SMILES string of the molecule is CCOC(=O)C1=C(COCCN)NC2=C(C(=O)CC(C)(C)C2)C1c1ccccc1Cl. The minimum Gasteiger partial charge on any atom is -0.463 e. The van der Waals surface area contributed by atoms with Crippen LogP contribution in [0.3, 0.4) is 0 Å². The van der Waals surface area contributed by atoms with Crippen molar-refractivity contribution in [3.63, 3.8) is 0 Å². The number of ether oxygens (including phenoxy) is 2. The lowest BCUT2D eigenvalue weighted by atomic mass is 9.68. The van der Waals surface area contributed by atoms with E-state index in [0.29, 0.717) is 53.4 Å². The Morgan fingerprint density at radius 3 is 2.70 bits per heavy atom. The molecule has 3 rings (SSSR count). The van der Waals surface area contributed by atoms with Crippen LogP contribution in [0, 0.1) is 5.41 Å². The summed E-state index contributed by atoms with van der Waals surface area (Å²) in [6.07, 6.45) is 1.09. The fourth-order valence-electron chi connectivity index (χ4n) is 4.19. The lowest BCUT2D eigenvalue weighted by molar-refractivity contribution is -0.139. The van der Waals surface area contributed by atoms with Gasteiger partial charge in [-0.25, -0.2) is 4.79 Å². The number of ketones is 1. The van der Waals surface area contributed by atoms with Crippen molar-refractivity contribution in [2.75, 3.05) is 26.4 Å². The number of hydrogen-bond donors (Lipinski definition) is 2. The van der Waals surface area contributed by atoms with Crippen LogP contribution in [-0.2, 0) is 19.1 Å². The fraction of sp³-hybridized carbons (Fsp3) is 0.478. The number of carbonyl (C=O) groups is 2. The lowest BCUT2D eigenvalue weighted by Gasteiger charge is -2.40. The van der Waals surface area contributed by atoms with Gasteiger partial charge in [-0.15, -0.1) is 0 Å². The van der Waals surface area contributed by atoms with E-state index >= 15 is 0 Å². The first-order valence-electron chi connectivity index (χ1n) is 10.2. The van der Waals surface area contributed by atoms with E-state index in [2.05, 4.69) is 19.2 Å². The van der Waals surface area contributed by atoms with Crippen LogP contribution in [0.2, 0.25) is 5.02 Å². The van der Waals surface area contributed by atoms with Gasteiger partial charge in [-0.3, -0.25) is 4.79 Å². The Morgan fingerprint density at radius 2 is 2.03 bits per heavy atom. The smallest absolute Gasteiger partial charge is 0.336 e. The second-order valence-electron chi connectivity index (χ2n) is 8.37. The summed E-state index contributed by atoms with van der Waals surface area (Å²) in [6.45, 7) is 7.00. The molecular formula is C23H29ClN2O4. The van der Waals surface area contributed by atoms with Gasteiger partial charge in [0, 0.05) is 35.2 Å². The molecule has 1 aliphatic heterocycles. The zero-order valence-corrected chi connectivity index (χ0v) is 18.5. The van der Waals surface area contributed by atoms with Crippen LogP contribution < -0.4 is 11.1 Å². The number of halogens is 1. The molecule has 0 spiro atoms. The van der Waals surface area contributed by atoms with Gasteiger partial charge >= 0.3 is 5.97 Å². The summed E-state index contributed by atoms with van der Waals surface area (Å²) in [4.78, 5) is 26.3. The Labute approximate surface area is 182 Å². The number of hydrogen-bond acceptors (Lipinski definition) is 6. The van der Waals surface area contributed by atoms with Crippen LogP contribution in [0.5, 0.6) is 0 Å². The standard InChI is InChI=1S/C23H29ClN2O4/c1-4-30-22(28)21-17(13-29-10-9-25)26-16-11-23(2,3)12-18(27)20(16)19(21)14-7-5-6-8-15(14)24/h5-8,19,26H,4,9-13,25H2,1-3H3. The fourth-order valence-corrected chi connectivity index (χ4v) is 4.44. The number of esters is 1. The first-order valence-corrected chi connectivity index (χ1v) is 10.6. The summed E-state index contributed by atoms with van der Waals surface area (Å²) in [7, 11) is 0. The maximum absolute atomic E-state index is 13.3. The average Bonchev–Trinajstić information content (AvgIpc) is 2.66. The van der Waals surface area contributed by atoms with Crippen LogP contribution in [0.25, 0.3) is 0 Å². The van der Waals surface area contributed by atoms with Crippen molar-refractivity contribution in [3.8, 4) is 0 Å². The monoisotopic (exact) mass is 432 g/mol. The number of nitrogens with two attached hydrogens (primary N) is 1. The van der Waals surface area contributed by atoms with E-state index in [4.69, 9.17) is 26.8 Å². The molecule has 6 nitrogen and oxygen atoms in total. The summed E-state index contributed by atoms with van der Waals surface area (Å²) in [5.74, 6) is -1.07. The van der Waals surface area contributed by atoms with E-state index in [9.17, 15) is 9.59 Å². The summed E-state index contributed by atoms with van der Waals surface area (Å²) in [5, 5.41) is 3.84. The van der Waals surface area contributed by atoms with Crippen LogP contribution in [0.15, 0.2) is 46.8 Å². The van der Waals surface area contributed by atoms with Crippen molar-refractivity contribution in [1.82, 2.24) is 5.32 Å². The third-order valence-corrected chi connectivity index (χ3v) is 5.69. The number of Topliss-reactive ketones (excluding diaryl/α,β-unsaturated/α-hetero) is 1. The number of allylic oxidation sites excluding steroid dienone is 2. The Morgan fingerprint density at radius 1 is 1.30 bits per heavy atom. The van der Waals surface area contributed by atoms with Crippen molar-refractivity contribution in [2.45, 2.75) is 39.5 Å². The molecule has 1 aromatic carbocycles. The number of nitrogens with one attached hydrogen (secondary N) is 1. The zero-order chi connectivity index (χ0) is 21.9. The molecule has 0 radical (unpaired) electrons. The molecule has 162 valence electrons. The Hall–Kier alpha value is -2.15. The Bertz CT molecular complexity index is 904. The maximum atomic E-state index is 13.3. The van der Waals surface area contributed by atoms with Crippen molar-refractivity contribution >= 4 is 23.4 Å². The summed E-state index contributed by atoms with van der Waals surface area (Å²) in [5.41, 5.74) is 8.46. The molecule has 0 fully saturated rings. The van der Waals surface area contributed by atoms with Gasteiger partial charge < -0.3 is 20.5 Å². The van der Waals surface area contributed by atoms with E-state index in [1.54, 1.807) is 13.0 Å². The summed E-state index contributed by atoms with van der Waals surface area (Å²) < 4.78 is 11.0. The molecule has 0 bridgehead atoms. The number of dihydropyridines is 1. The molecule has 0 aromatic heterocycles. The predicted octanol–water partition coefficient (Wildman–Crippen LogP) is 3.46. The Kier molecular flexibility index (Phi) is 7.01. The van der Waals surface area contributed by atoms with Gasteiger partial charge in [0.25, 0.3) is 0 Å². The lowest BCUT2D eigenvalue weighted by Crippen LogP contribution is -2.40.